The normalized spacial score (nSPS) is 11.0. The molecule has 1 amide bonds. The highest BCUT2D eigenvalue weighted by atomic mass is 16.2. The summed E-state index contributed by atoms with van der Waals surface area (Å²) < 4.78 is 1.90. The van der Waals surface area contributed by atoms with Crippen molar-refractivity contribution in [2.45, 2.75) is 33.2 Å². The Morgan fingerprint density at radius 1 is 1.12 bits per heavy atom. The van der Waals surface area contributed by atoms with E-state index in [1.54, 1.807) is 0 Å². The summed E-state index contributed by atoms with van der Waals surface area (Å²) in [5.41, 5.74) is 4.30. The number of anilines is 1. The number of aromatic nitrogens is 1. The van der Waals surface area contributed by atoms with Gasteiger partial charge in [-0.2, -0.15) is 0 Å². The summed E-state index contributed by atoms with van der Waals surface area (Å²) in [4.78, 5) is 24.1. The molecule has 0 aliphatic heterocycles. The number of hydrogen-bond donors (Lipinski definition) is 1. The van der Waals surface area contributed by atoms with Crippen LogP contribution in [-0.2, 0) is 11.3 Å². The Morgan fingerprint density at radius 2 is 1.80 bits per heavy atom. The van der Waals surface area contributed by atoms with E-state index in [-0.39, 0.29) is 12.5 Å². The monoisotopic (exact) mass is 334 g/mol. The number of carbonyl (C=O) groups excluding carboxylic acids is 2. The Bertz CT molecular complexity index is 938. The van der Waals surface area contributed by atoms with Crippen LogP contribution in [0.2, 0.25) is 0 Å². The van der Waals surface area contributed by atoms with Crippen LogP contribution >= 0.6 is 0 Å². The van der Waals surface area contributed by atoms with Gasteiger partial charge < -0.3 is 9.88 Å². The third-order valence-corrected chi connectivity index (χ3v) is 4.56. The quantitative estimate of drug-likeness (QED) is 0.697. The number of amides is 1. The molecule has 0 unspecified atom stereocenters. The van der Waals surface area contributed by atoms with Crippen molar-refractivity contribution in [1.29, 1.82) is 0 Å². The van der Waals surface area contributed by atoms with E-state index in [0.29, 0.717) is 11.5 Å². The fraction of sp³-hybridized carbons (Fsp3) is 0.238. The fourth-order valence-electron chi connectivity index (χ4n) is 3.26. The lowest BCUT2D eigenvalue weighted by molar-refractivity contribution is -0.116. The van der Waals surface area contributed by atoms with Gasteiger partial charge in [0.05, 0.1) is 0 Å². The zero-order valence-electron chi connectivity index (χ0n) is 14.7. The van der Waals surface area contributed by atoms with E-state index in [2.05, 4.69) is 19.2 Å². The van der Waals surface area contributed by atoms with Gasteiger partial charge in [0.15, 0.2) is 6.29 Å². The molecule has 128 valence electrons. The fourth-order valence-corrected chi connectivity index (χ4v) is 3.26. The first-order valence-electron chi connectivity index (χ1n) is 8.44. The van der Waals surface area contributed by atoms with Crippen LogP contribution in [0.25, 0.3) is 10.9 Å². The van der Waals surface area contributed by atoms with Crippen LogP contribution in [0.5, 0.6) is 0 Å². The average molecular weight is 334 g/mol. The Kier molecular flexibility index (Phi) is 4.70. The minimum atomic E-state index is -0.102. The van der Waals surface area contributed by atoms with Gasteiger partial charge in [-0.15, -0.1) is 0 Å². The molecule has 2 aromatic carbocycles. The largest absolute Gasteiger partial charge is 0.335 e. The van der Waals surface area contributed by atoms with Crippen molar-refractivity contribution >= 4 is 28.8 Å². The van der Waals surface area contributed by atoms with Gasteiger partial charge in [0, 0.05) is 27.8 Å². The molecule has 3 rings (SSSR count). The number of aldehydes is 1. The molecule has 25 heavy (non-hydrogen) atoms. The zero-order valence-corrected chi connectivity index (χ0v) is 14.7. The van der Waals surface area contributed by atoms with E-state index in [1.165, 1.54) is 0 Å². The van der Waals surface area contributed by atoms with E-state index >= 15 is 0 Å². The number of benzene rings is 2. The summed E-state index contributed by atoms with van der Waals surface area (Å²) in [7, 11) is 0. The van der Waals surface area contributed by atoms with Gasteiger partial charge >= 0.3 is 0 Å². The molecule has 0 saturated heterocycles. The first-order chi connectivity index (χ1) is 12.0. The van der Waals surface area contributed by atoms with E-state index in [9.17, 15) is 9.59 Å². The molecule has 1 N–H and O–H groups in total. The number of nitrogens with one attached hydrogen (secondary N) is 1. The van der Waals surface area contributed by atoms with Crippen molar-refractivity contribution in [2.75, 3.05) is 5.32 Å². The maximum Gasteiger partial charge on any atom is 0.244 e. The van der Waals surface area contributed by atoms with Crippen LogP contribution in [0.3, 0.4) is 0 Å². The number of rotatable bonds is 5. The Morgan fingerprint density at radius 3 is 2.52 bits per heavy atom. The van der Waals surface area contributed by atoms with E-state index < -0.39 is 0 Å². The highest BCUT2D eigenvalue weighted by Gasteiger charge is 2.16. The highest BCUT2D eigenvalue weighted by Crippen LogP contribution is 2.26. The maximum absolute atomic E-state index is 12.6. The standard InChI is InChI=1S/C21H22N2O2/c1-14(2)16-8-4-6-10-19(16)22-21(25)12-23-15(3)18(13-24)17-9-5-7-11-20(17)23/h4-11,13-14H,12H2,1-3H3,(H,22,25). The Hall–Kier alpha value is -2.88. The molecule has 0 bridgehead atoms. The summed E-state index contributed by atoms with van der Waals surface area (Å²) >= 11 is 0. The van der Waals surface area contributed by atoms with Crippen molar-refractivity contribution in [1.82, 2.24) is 4.57 Å². The molecule has 1 aromatic heterocycles. The lowest BCUT2D eigenvalue weighted by Crippen LogP contribution is -2.20. The molecule has 0 aliphatic rings. The summed E-state index contributed by atoms with van der Waals surface area (Å²) in [5, 5.41) is 3.89. The van der Waals surface area contributed by atoms with E-state index in [0.717, 1.165) is 34.1 Å². The van der Waals surface area contributed by atoms with Gasteiger partial charge in [0.1, 0.15) is 6.54 Å². The van der Waals surface area contributed by atoms with Crippen LogP contribution in [0.1, 0.15) is 41.4 Å². The van der Waals surface area contributed by atoms with Gasteiger partial charge in [-0.1, -0.05) is 50.2 Å². The summed E-state index contributed by atoms with van der Waals surface area (Å²) in [6, 6.07) is 15.5. The number of hydrogen-bond acceptors (Lipinski definition) is 2. The predicted molar refractivity (Wildman–Crippen MR) is 101 cm³/mol. The number of nitrogens with zero attached hydrogens (tertiary/aromatic N) is 1. The molecule has 0 fully saturated rings. The van der Waals surface area contributed by atoms with Gasteiger partial charge in [-0.05, 0) is 30.5 Å². The van der Waals surface area contributed by atoms with Crippen LogP contribution in [0, 0.1) is 6.92 Å². The SMILES string of the molecule is Cc1c(C=O)c2ccccc2n1CC(=O)Nc1ccccc1C(C)C. The first-order valence-corrected chi connectivity index (χ1v) is 8.44. The molecule has 0 atom stereocenters. The smallest absolute Gasteiger partial charge is 0.244 e. The summed E-state index contributed by atoms with van der Waals surface area (Å²) in [6.07, 6.45) is 0.861. The minimum Gasteiger partial charge on any atom is -0.335 e. The van der Waals surface area contributed by atoms with Crippen LogP contribution in [0.15, 0.2) is 48.5 Å². The van der Waals surface area contributed by atoms with Gasteiger partial charge in [0.2, 0.25) is 5.91 Å². The van der Waals surface area contributed by atoms with Crippen molar-refractivity contribution in [2.24, 2.45) is 0 Å². The van der Waals surface area contributed by atoms with Crippen LogP contribution in [-0.4, -0.2) is 16.8 Å². The van der Waals surface area contributed by atoms with Gasteiger partial charge in [-0.3, -0.25) is 9.59 Å². The van der Waals surface area contributed by atoms with Crippen LogP contribution in [0.4, 0.5) is 5.69 Å². The Balaban J connectivity index is 1.91. The lowest BCUT2D eigenvalue weighted by atomic mass is 10.0. The molecule has 0 radical (unpaired) electrons. The topological polar surface area (TPSA) is 51.1 Å². The Labute approximate surface area is 147 Å². The highest BCUT2D eigenvalue weighted by molar-refractivity contribution is 6.00. The maximum atomic E-state index is 12.6. The van der Waals surface area contributed by atoms with Crippen molar-refractivity contribution in [3.05, 3.63) is 65.4 Å². The number of carbonyl (C=O) groups is 2. The van der Waals surface area contributed by atoms with Crippen molar-refractivity contribution < 1.29 is 9.59 Å². The minimum absolute atomic E-state index is 0.102. The molecule has 1 heterocycles. The van der Waals surface area contributed by atoms with E-state index in [1.807, 2.05) is 60.0 Å². The third kappa shape index (κ3) is 3.20. The zero-order chi connectivity index (χ0) is 18.0. The second-order valence-corrected chi connectivity index (χ2v) is 6.51. The molecule has 0 aliphatic carbocycles. The second kappa shape index (κ2) is 6.93. The summed E-state index contributed by atoms with van der Waals surface area (Å²) in [6.45, 7) is 6.25. The van der Waals surface area contributed by atoms with E-state index in [4.69, 9.17) is 0 Å². The molecular formula is C21H22N2O2. The summed E-state index contributed by atoms with van der Waals surface area (Å²) in [5.74, 6) is 0.224. The number of para-hydroxylation sites is 2. The first kappa shape index (κ1) is 17.0. The molecule has 0 spiro atoms. The van der Waals surface area contributed by atoms with Crippen molar-refractivity contribution in [3.63, 3.8) is 0 Å². The predicted octanol–water partition coefficient (Wildman–Crippen LogP) is 4.52. The van der Waals surface area contributed by atoms with Gasteiger partial charge in [-0.25, -0.2) is 0 Å². The van der Waals surface area contributed by atoms with Crippen LogP contribution < -0.4 is 5.32 Å². The molecule has 0 saturated carbocycles. The lowest BCUT2D eigenvalue weighted by Gasteiger charge is -2.14. The van der Waals surface area contributed by atoms with Gasteiger partial charge in [0.25, 0.3) is 0 Å². The third-order valence-electron chi connectivity index (χ3n) is 4.56. The molecule has 4 heteroatoms. The molecule has 4 nitrogen and oxygen atoms in total. The number of fused-ring (bicyclic) bond motifs is 1. The molecular weight excluding hydrogens is 312 g/mol. The average Bonchev–Trinajstić information content (AvgIpc) is 2.86. The van der Waals surface area contributed by atoms with Crippen molar-refractivity contribution in [3.8, 4) is 0 Å². The second-order valence-electron chi connectivity index (χ2n) is 6.51. The molecule has 3 aromatic rings.